The predicted molar refractivity (Wildman–Crippen MR) is 314 cm³/mol. The molecular formula is C47H73Cl3N10O27P4. The normalized spacial score (nSPS) is 23.5. The lowest BCUT2D eigenvalue weighted by Gasteiger charge is -2.22. The standard InChI is InChI=1S/C26H40ClN5O15P2.C16H24ClN5O9P2.C5H9ClO3/c1-14(2)45-25(35)40-11-43-49(39,44-12-41-26(36)46-15(3)4)13-48(37,38)42-10-18-19(33)20(34)21(47-18)17-9-28-23-22(29-16-7-5-6-8-16)30-24(27)31-32(17)23;17-16-20-14(19-8-3-1-2-4-8)15-18-5-9(22(15)21-16)13-12(24)11(23)10(31-13)6-30-33(28,29)7-32(25,26)27;1-4(2)9-5(7)8-3-6/h9,14-16,18-21,33-34H,5-8,10-13H2,1-4H3,(H,37,38)(H,29,30,31);5,8,10-13,23-24H,1-4,6-7H2,(H,28,29)(H,19,20,21)(H2,25,26,27);4H,3H2,1-2H3/t18-,19-,20-,21+;10-,11-,12-,13+;/m11./s1. The van der Waals surface area contributed by atoms with Crippen LogP contribution in [0.5, 0.6) is 0 Å². The molecule has 2 aliphatic carbocycles. The van der Waals surface area contributed by atoms with Gasteiger partial charge < -0.3 is 97.6 Å². The zero-order valence-corrected chi connectivity index (χ0v) is 55.4. The Morgan fingerprint density at radius 2 is 0.945 bits per heavy atom. The maximum absolute atomic E-state index is 13.4. The van der Waals surface area contributed by atoms with Crippen LogP contribution in [-0.2, 0) is 74.3 Å². The second kappa shape index (κ2) is 33.9. The van der Waals surface area contributed by atoms with Crippen molar-refractivity contribution in [2.75, 3.05) is 55.3 Å². The van der Waals surface area contributed by atoms with E-state index in [0.717, 1.165) is 51.4 Å². The smallest absolute Gasteiger partial charge is 0.432 e. The third-order valence-corrected chi connectivity index (χ3v) is 21.3. The molecule has 2 aliphatic heterocycles. The van der Waals surface area contributed by atoms with Crippen molar-refractivity contribution in [3.8, 4) is 0 Å². The van der Waals surface area contributed by atoms with Crippen molar-refractivity contribution in [3.63, 3.8) is 0 Å². The Morgan fingerprint density at radius 3 is 1.30 bits per heavy atom. The highest BCUT2D eigenvalue weighted by molar-refractivity contribution is 7.71. The van der Waals surface area contributed by atoms with Crippen LogP contribution in [0.25, 0.3) is 11.3 Å². The molecule has 8 rings (SSSR count). The lowest BCUT2D eigenvalue weighted by Crippen LogP contribution is -2.33. The fourth-order valence-electron chi connectivity index (χ4n) is 9.18. The van der Waals surface area contributed by atoms with Gasteiger partial charge in [0.2, 0.25) is 24.2 Å². The maximum Gasteiger partial charge on any atom is 0.510 e. The van der Waals surface area contributed by atoms with Crippen LogP contribution in [0.4, 0.5) is 26.0 Å². The van der Waals surface area contributed by atoms with Gasteiger partial charge in [-0.15, -0.1) is 10.2 Å². The summed E-state index contributed by atoms with van der Waals surface area (Å²) in [6.07, 6.45) is -4.60. The average molecular weight is 1440 g/mol. The molecule has 6 heterocycles. The van der Waals surface area contributed by atoms with E-state index < -0.39 is 148 Å². The fraction of sp³-hybridized carbons (Fsp3) is 0.723. The summed E-state index contributed by atoms with van der Waals surface area (Å²) < 4.78 is 111. The van der Waals surface area contributed by atoms with Crippen LogP contribution < -0.4 is 10.6 Å². The summed E-state index contributed by atoms with van der Waals surface area (Å²) in [4.78, 5) is 88.7. The summed E-state index contributed by atoms with van der Waals surface area (Å²) in [5.41, 5.74) is 1.09. The molecule has 91 heavy (non-hydrogen) atoms. The molecule has 514 valence electrons. The summed E-state index contributed by atoms with van der Waals surface area (Å²) in [7, 11) is -19.1. The van der Waals surface area contributed by atoms with Crippen LogP contribution in [0.1, 0.15) is 117 Å². The number of carbonyl (C=O) groups excluding carboxylic acids is 3. The molecule has 4 aromatic rings. The van der Waals surface area contributed by atoms with E-state index in [4.69, 9.17) is 81.6 Å². The van der Waals surface area contributed by atoms with E-state index in [2.05, 4.69) is 59.7 Å². The molecule has 0 radical (unpaired) electrons. The molecule has 44 heteroatoms. The van der Waals surface area contributed by atoms with Crippen LogP contribution in [0.2, 0.25) is 10.6 Å². The Morgan fingerprint density at radius 1 is 0.582 bits per heavy atom. The molecule has 2 saturated carbocycles. The lowest BCUT2D eigenvalue weighted by molar-refractivity contribution is -0.0301. The molecule has 37 nitrogen and oxygen atoms in total. The van der Waals surface area contributed by atoms with E-state index in [1.807, 2.05) is 0 Å². The van der Waals surface area contributed by atoms with E-state index in [1.54, 1.807) is 41.5 Å². The van der Waals surface area contributed by atoms with Crippen LogP contribution in [0.3, 0.4) is 0 Å². The molecule has 2 saturated heterocycles. The lowest BCUT2D eigenvalue weighted by atomic mass is 10.1. The Hall–Kier alpha value is -4.26. The number of hydrogen-bond donors (Lipinski definition) is 10. The number of fused-ring (bicyclic) bond motifs is 2. The summed E-state index contributed by atoms with van der Waals surface area (Å²) in [6.45, 7) is 6.09. The highest BCUT2D eigenvalue weighted by Crippen LogP contribution is 2.62. The number of ether oxygens (including phenoxy) is 8. The Labute approximate surface area is 534 Å². The number of aliphatic hydroxyl groups excluding tert-OH is 4. The van der Waals surface area contributed by atoms with Crippen molar-refractivity contribution >= 4 is 107 Å². The zero-order chi connectivity index (χ0) is 67.2. The first-order valence-corrected chi connectivity index (χ1v) is 36.3. The predicted octanol–water partition coefficient (Wildman–Crippen LogP) is 6.09. The zero-order valence-electron chi connectivity index (χ0n) is 49.6. The van der Waals surface area contributed by atoms with Gasteiger partial charge in [0.15, 0.2) is 40.8 Å². The Bertz CT molecular complexity index is 3240. The molecule has 4 aliphatic rings. The number of aromatic nitrogens is 8. The molecule has 4 aromatic heterocycles. The molecule has 0 amide bonds. The van der Waals surface area contributed by atoms with Gasteiger partial charge in [0.1, 0.15) is 48.8 Å². The van der Waals surface area contributed by atoms with Crippen molar-refractivity contribution < 1.29 is 129 Å². The Kier molecular flexibility index (Phi) is 28.2. The average Bonchev–Trinajstić information content (AvgIpc) is 1.64. The quantitative estimate of drug-likeness (QED) is 0.0112. The third kappa shape index (κ3) is 23.3. The topological polar surface area (TPSA) is 502 Å². The van der Waals surface area contributed by atoms with E-state index in [-0.39, 0.29) is 46.2 Å². The molecule has 0 bridgehead atoms. The number of carbonyl (C=O) groups is 3. The van der Waals surface area contributed by atoms with Gasteiger partial charge in [-0.1, -0.05) is 37.3 Å². The summed E-state index contributed by atoms with van der Waals surface area (Å²) in [6, 6.07) is 0.236. The molecule has 10 N–H and O–H groups in total. The number of halogens is 3. The number of imidazole rings is 2. The maximum atomic E-state index is 13.4. The minimum atomic E-state index is -4.93. The summed E-state index contributed by atoms with van der Waals surface area (Å²) in [5.74, 6) is -1.90. The van der Waals surface area contributed by atoms with Gasteiger partial charge in [-0.3, -0.25) is 27.3 Å². The van der Waals surface area contributed by atoms with Crippen molar-refractivity contribution in [1.29, 1.82) is 0 Å². The number of hydrogen-bond acceptors (Lipinski definition) is 31. The van der Waals surface area contributed by atoms with E-state index in [9.17, 15) is 62.9 Å². The number of rotatable bonds is 26. The number of nitrogens with zero attached hydrogens (tertiary/aromatic N) is 8. The summed E-state index contributed by atoms with van der Waals surface area (Å²) >= 11 is 17.3. The summed E-state index contributed by atoms with van der Waals surface area (Å²) in [5, 5.41) is 57.2. The van der Waals surface area contributed by atoms with E-state index >= 15 is 0 Å². The molecule has 0 aromatic carbocycles. The molecular weight excluding hydrogens is 1370 g/mol. The number of alkyl halides is 1. The van der Waals surface area contributed by atoms with Gasteiger partial charge in [0.25, 0.3) is 0 Å². The molecule has 2 unspecified atom stereocenters. The minimum Gasteiger partial charge on any atom is -0.432 e. The van der Waals surface area contributed by atoms with Gasteiger partial charge in [0, 0.05) is 12.1 Å². The van der Waals surface area contributed by atoms with Gasteiger partial charge in [-0.25, -0.2) is 33.4 Å². The van der Waals surface area contributed by atoms with Gasteiger partial charge in [-0.2, -0.15) is 9.97 Å². The van der Waals surface area contributed by atoms with Crippen LogP contribution >= 0.6 is 65.2 Å². The van der Waals surface area contributed by atoms with Crippen molar-refractivity contribution in [3.05, 3.63) is 34.3 Å². The minimum absolute atomic E-state index is 0.0752. The van der Waals surface area contributed by atoms with Crippen molar-refractivity contribution in [1.82, 2.24) is 39.2 Å². The van der Waals surface area contributed by atoms with Crippen LogP contribution in [0, 0.1) is 0 Å². The van der Waals surface area contributed by atoms with Gasteiger partial charge in [-0.05, 0) is 90.4 Å². The highest BCUT2D eigenvalue weighted by atomic mass is 35.5. The first-order chi connectivity index (χ1) is 42.7. The van der Waals surface area contributed by atoms with Crippen LogP contribution in [0.15, 0.2) is 12.4 Å². The third-order valence-electron chi connectivity index (χ3n) is 13.0. The van der Waals surface area contributed by atoms with E-state index in [0.29, 0.717) is 22.9 Å². The SMILES string of the molecule is CC(C)OC(=O)OCCl.CC(C)OC(=O)OCOP(=O)(CP(=O)(O)OC[C@H]1O[C@@H](c2cnc3c(NC4CCCC4)nc(Cl)nn23)[C@H](O)[C@@H]1O)OCOC(=O)OC(C)C.O=P(O)(O)CP(=O)(O)OC[C@H]1O[C@@H](c2cnc3c(NC4CCCC4)nc(Cl)nn23)[C@H](O)[C@@H]1O. The largest absolute Gasteiger partial charge is 0.510 e. The van der Waals surface area contributed by atoms with Crippen LogP contribution in [-0.4, -0.2) is 209 Å². The second-order valence-corrected chi connectivity index (χ2v) is 30.7. The first-order valence-electron chi connectivity index (χ1n) is 28.0. The van der Waals surface area contributed by atoms with Crippen molar-refractivity contribution in [2.24, 2.45) is 0 Å². The van der Waals surface area contributed by atoms with Gasteiger partial charge >= 0.3 is 48.8 Å². The highest BCUT2D eigenvalue weighted by Gasteiger charge is 2.48. The number of anilines is 2. The number of nitrogens with one attached hydrogen (secondary N) is 2. The first kappa shape index (κ1) is 75.8. The molecule has 0 spiro atoms. The van der Waals surface area contributed by atoms with Crippen molar-refractivity contribution in [2.45, 2.75) is 172 Å². The van der Waals surface area contributed by atoms with Gasteiger partial charge in [0.05, 0.1) is 55.3 Å². The fourth-order valence-corrected chi connectivity index (χ4v) is 15.8. The molecule has 4 fully saturated rings. The van der Waals surface area contributed by atoms with E-state index in [1.165, 1.54) is 21.4 Å². The molecule has 10 atom stereocenters. The number of aliphatic hydroxyl groups is 4. The monoisotopic (exact) mass is 1440 g/mol. The second-order valence-electron chi connectivity index (χ2n) is 21.4. The Balaban J connectivity index is 0.000000268.